The van der Waals surface area contributed by atoms with Crippen LogP contribution in [-0.4, -0.2) is 20.2 Å². The number of nitro benzene ring substituents is 1. The smallest absolute Gasteiger partial charge is 0.284 e. The van der Waals surface area contributed by atoms with Gasteiger partial charge in [0.1, 0.15) is 5.82 Å². The molecule has 0 atom stereocenters. The van der Waals surface area contributed by atoms with Crippen LogP contribution < -0.4 is 4.90 Å². The first-order valence-electron chi connectivity index (χ1n) is 8.94. The highest BCUT2D eigenvalue weighted by Crippen LogP contribution is 2.49. The van der Waals surface area contributed by atoms with Crippen LogP contribution in [0.2, 0.25) is 0 Å². The van der Waals surface area contributed by atoms with Gasteiger partial charge in [0.15, 0.2) is 10.6 Å². The number of rotatable bonds is 5. The molecule has 2 heterocycles. The standard InChI is InChI=1S/C19H14FN5O3S/c1-10-9-21-19(29-10)24(14-5-4-12(20)8-13(14)11-2-3-11)15-6-7-16(25(26)27)18-17(15)22-28-23-18/h4-9,11H,2-3H2,1H3. The van der Waals surface area contributed by atoms with Crippen LogP contribution in [0.1, 0.15) is 29.2 Å². The number of aryl methyl sites for hydroxylation is 1. The van der Waals surface area contributed by atoms with Crippen LogP contribution in [-0.2, 0) is 0 Å². The van der Waals surface area contributed by atoms with E-state index in [0.29, 0.717) is 10.8 Å². The number of anilines is 3. The van der Waals surface area contributed by atoms with Gasteiger partial charge in [0, 0.05) is 17.1 Å². The summed E-state index contributed by atoms with van der Waals surface area (Å²) in [7, 11) is 0. The van der Waals surface area contributed by atoms with Gasteiger partial charge in [-0.1, -0.05) is 0 Å². The van der Waals surface area contributed by atoms with Gasteiger partial charge < -0.3 is 0 Å². The zero-order valence-corrected chi connectivity index (χ0v) is 16.0. The van der Waals surface area contributed by atoms with Gasteiger partial charge in [-0.3, -0.25) is 15.0 Å². The fourth-order valence-corrected chi connectivity index (χ4v) is 4.19. The van der Waals surface area contributed by atoms with Crippen LogP contribution in [0.5, 0.6) is 0 Å². The van der Waals surface area contributed by atoms with Crippen molar-refractivity contribution in [2.75, 3.05) is 4.90 Å². The molecule has 0 saturated heterocycles. The summed E-state index contributed by atoms with van der Waals surface area (Å²) in [6.07, 6.45) is 3.72. The highest BCUT2D eigenvalue weighted by Gasteiger charge is 2.32. The molecule has 1 saturated carbocycles. The number of hydrogen-bond donors (Lipinski definition) is 0. The van der Waals surface area contributed by atoms with Crippen molar-refractivity contribution in [3.8, 4) is 0 Å². The molecule has 2 aromatic carbocycles. The van der Waals surface area contributed by atoms with Crippen molar-refractivity contribution in [1.82, 2.24) is 15.3 Å². The predicted molar refractivity (Wildman–Crippen MR) is 105 cm³/mol. The summed E-state index contributed by atoms with van der Waals surface area (Å²) in [5, 5.41) is 19.7. The lowest BCUT2D eigenvalue weighted by Crippen LogP contribution is -2.13. The van der Waals surface area contributed by atoms with Crippen LogP contribution in [0.4, 0.5) is 26.6 Å². The third-order valence-electron chi connectivity index (χ3n) is 4.86. The number of fused-ring (bicyclic) bond motifs is 1. The van der Waals surface area contributed by atoms with E-state index in [-0.39, 0.29) is 28.5 Å². The van der Waals surface area contributed by atoms with Crippen molar-refractivity contribution in [3.05, 3.63) is 62.9 Å². The molecule has 0 aliphatic heterocycles. The third kappa shape index (κ3) is 3.01. The van der Waals surface area contributed by atoms with E-state index in [0.717, 1.165) is 29.0 Å². The van der Waals surface area contributed by atoms with Crippen LogP contribution >= 0.6 is 11.3 Å². The maximum absolute atomic E-state index is 14.0. The van der Waals surface area contributed by atoms with E-state index in [9.17, 15) is 14.5 Å². The molecule has 29 heavy (non-hydrogen) atoms. The lowest BCUT2D eigenvalue weighted by Gasteiger charge is -2.25. The fraction of sp³-hybridized carbons (Fsp3) is 0.211. The Morgan fingerprint density at radius 3 is 2.66 bits per heavy atom. The minimum Gasteiger partial charge on any atom is -0.284 e. The number of nitrogens with zero attached hydrogens (tertiary/aromatic N) is 5. The van der Waals surface area contributed by atoms with E-state index >= 15 is 0 Å². The zero-order chi connectivity index (χ0) is 20.1. The molecular weight excluding hydrogens is 397 g/mol. The summed E-state index contributed by atoms with van der Waals surface area (Å²) in [5.74, 6) is -0.0314. The van der Waals surface area contributed by atoms with Crippen LogP contribution in [0.15, 0.2) is 41.2 Å². The second-order valence-electron chi connectivity index (χ2n) is 6.89. The topological polar surface area (TPSA) is 98.2 Å². The number of benzene rings is 2. The number of non-ortho nitro benzene ring substituents is 1. The Hall–Kier alpha value is -3.40. The Balaban J connectivity index is 1.78. The molecule has 0 N–H and O–H groups in total. The molecule has 1 fully saturated rings. The first-order chi connectivity index (χ1) is 14.0. The monoisotopic (exact) mass is 411 g/mol. The molecule has 0 unspecified atom stereocenters. The van der Waals surface area contributed by atoms with Gasteiger partial charge in [-0.2, -0.15) is 0 Å². The Morgan fingerprint density at radius 2 is 1.97 bits per heavy atom. The van der Waals surface area contributed by atoms with Crippen LogP contribution in [0.3, 0.4) is 0 Å². The Morgan fingerprint density at radius 1 is 1.21 bits per heavy atom. The largest absolute Gasteiger partial charge is 0.300 e. The molecule has 8 nitrogen and oxygen atoms in total. The molecule has 0 amide bonds. The van der Waals surface area contributed by atoms with Crippen molar-refractivity contribution in [3.63, 3.8) is 0 Å². The molecule has 10 heteroatoms. The minimum absolute atomic E-state index is 0.0564. The fourth-order valence-electron chi connectivity index (χ4n) is 3.40. The molecule has 1 aliphatic carbocycles. The van der Waals surface area contributed by atoms with Gasteiger partial charge >= 0.3 is 5.69 Å². The Labute approximate surface area is 167 Å². The quantitative estimate of drug-likeness (QED) is 0.321. The number of nitro groups is 1. The van der Waals surface area contributed by atoms with Gasteiger partial charge in [-0.25, -0.2) is 14.0 Å². The van der Waals surface area contributed by atoms with E-state index in [1.165, 1.54) is 23.5 Å². The van der Waals surface area contributed by atoms with Crippen LogP contribution in [0.25, 0.3) is 11.0 Å². The van der Waals surface area contributed by atoms with Gasteiger partial charge in [0.05, 0.1) is 16.3 Å². The van der Waals surface area contributed by atoms with E-state index < -0.39 is 4.92 Å². The summed E-state index contributed by atoms with van der Waals surface area (Å²) in [6.45, 7) is 1.94. The molecule has 2 aromatic heterocycles. The van der Waals surface area contributed by atoms with Gasteiger partial charge in [-0.05, 0) is 65.8 Å². The molecule has 1 aliphatic rings. The lowest BCUT2D eigenvalue weighted by molar-refractivity contribution is -0.383. The molecule has 0 spiro atoms. The maximum Gasteiger partial charge on any atom is 0.300 e. The number of aromatic nitrogens is 3. The summed E-state index contributed by atoms with van der Waals surface area (Å²) in [4.78, 5) is 18.2. The molecule has 146 valence electrons. The van der Waals surface area contributed by atoms with Crippen molar-refractivity contribution in [1.29, 1.82) is 0 Å². The highest BCUT2D eigenvalue weighted by atomic mass is 32.1. The SMILES string of the molecule is Cc1cnc(N(c2ccc(F)cc2C2CC2)c2ccc([N+](=O)[O-])c3nonc23)s1. The lowest BCUT2D eigenvalue weighted by atomic mass is 10.1. The van der Waals surface area contributed by atoms with Crippen molar-refractivity contribution >= 4 is 44.6 Å². The van der Waals surface area contributed by atoms with E-state index in [4.69, 9.17) is 4.63 Å². The zero-order valence-electron chi connectivity index (χ0n) is 15.2. The second-order valence-corrected chi connectivity index (χ2v) is 8.10. The maximum atomic E-state index is 14.0. The van der Waals surface area contributed by atoms with Crippen molar-refractivity contribution in [2.45, 2.75) is 25.7 Å². The summed E-state index contributed by atoms with van der Waals surface area (Å²) >= 11 is 1.46. The highest BCUT2D eigenvalue weighted by molar-refractivity contribution is 7.15. The van der Waals surface area contributed by atoms with Crippen molar-refractivity contribution < 1.29 is 13.9 Å². The molecular formula is C19H14FN5O3S. The summed E-state index contributed by atoms with van der Waals surface area (Å²) in [6, 6.07) is 7.62. The minimum atomic E-state index is -0.526. The number of hydrogen-bond acceptors (Lipinski definition) is 8. The first kappa shape index (κ1) is 17.7. The number of thiazole rings is 1. The average Bonchev–Trinajstić information content (AvgIpc) is 3.27. The number of halogens is 1. The predicted octanol–water partition coefficient (Wildman–Crippen LogP) is 5.38. The van der Waals surface area contributed by atoms with E-state index in [2.05, 4.69) is 15.3 Å². The Bertz CT molecular complexity index is 1250. The van der Waals surface area contributed by atoms with E-state index in [1.54, 1.807) is 24.4 Å². The average molecular weight is 411 g/mol. The summed E-state index contributed by atoms with van der Waals surface area (Å²) in [5.41, 5.74) is 2.29. The van der Waals surface area contributed by atoms with Gasteiger partial charge in [0.2, 0.25) is 5.52 Å². The third-order valence-corrected chi connectivity index (χ3v) is 5.76. The van der Waals surface area contributed by atoms with E-state index in [1.807, 2.05) is 11.8 Å². The Kier molecular flexibility index (Phi) is 4.02. The van der Waals surface area contributed by atoms with Crippen molar-refractivity contribution in [2.24, 2.45) is 0 Å². The van der Waals surface area contributed by atoms with Gasteiger partial charge in [0.25, 0.3) is 0 Å². The first-order valence-corrected chi connectivity index (χ1v) is 9.76. The normalized spacial score (nSPS) is 13.7. The van der Waals surface area contributed by atoms with Gasteiger partial charge in [-0.15, -0.1) is 11.3 Å². The van der Waals surface area contributed by atoms with Crippen LogP contribution in [0, 0.1) is 22.9 Å². The summed E-state index contributed by atoms with van der Waals surface area (Å²) < 4.78 is 18.8. The molecule has 0 bridgehead atoms. The molecule has 0 radical (unpaired) electrons. The second kappa shape index (κ2) is 6.59. The molecule has 5 rings (SSSR count). The molecule has 4 aromatic rings.